The van der Waals surface area contributed by atoms with Crippen LogP contribution in [0.4, 0.5) is 0 Å². The summed E-state index contributed by atoms with van der Waals surface area (Å²) in [7, 11) is 2.16. The molecule has 3 rings (SSSR count). The smallest absolute Gasteiger partial charge is 0.225 e. The van der Waals surface area contributed by atoms with Crippen molar-refractivity contribution in [3.63, 3.8) is 0 Å². The molecule has 100 valence electrons. The van der Waals surface area contributed by atoms with E-state index < -0.39 is 0 Å². The van der Waals surface area contributed by atoms with Gasteiger partial charge >= 0.3 is 0 Å². The Morgan fingerprint density at radius 1 is 1.47 bits per heavy atom. The monoisotopic (exact) mass is 257 g/mol. The number of hydrogen-bond acceptors (Lipinski definition) is 4. The highest BCUT2D eigenvalue weighted by molar-refractivity contribution is 5.54. The SMILES string of the molecule is CN1CC(CN)CC1c1cccc(-c2ncco2)c1. The molecule has 2 heterocycles. The summed E-state index contributed by atoms with van der Waals surface area (Å²) in [6.07, 6.45) is 4.41. The molecule has 2 atom stereocenters. The number of nitrogens with zero attached hydrogens (tertiary/aromatic N) is 2. The van der Waals surface area contributed by atoms with Crippen molar-refractivity contribution in [2.75, 3.05) is 20.1 Å². The number of nitrogens with two attached hydrogens (primary N) is 1. The van der Waals surface area contributed by atoms with Gasteiger partial charge in [0.2, 0.25) is 5.89 Å². The van der Waals surface area contributed by atoms with E-state index in [0.717, 1.165) is 25.1 Å². The summed E-state index contributed by atoms with van der Waals surface area (Å²) < 4.78 is 5.36. The van der Waals surface area contributed by atoms with Crippen LogP contribution in [0.1, 0.15) is 18.0 Å². The van der Waals surface area contributed by atoms with Gasteiger partial charge < -0.3 is 10.2 Å². The molecule has 0 spiro atoms. The molecule has 0 bridgehead atoms. The Kier molecular flexibility index (Phi) is 3.36. The average molecular weight is 257 g/mol. The molecule has 1 aromatic heterocycles. The fourth-order valence-corrected chi connectivity index (χ4v) is 2.91. The summed E-state index contributed by atoms with van der Waals surface area (Å²) in [5, 5.41) is 0. The van der Waals surface area contributed by atoms with E-state index >= 15 is 0 Å². The van der Waals surface area contributed by atoms with Crippen LogP contribution in [-0.4, -0.2) is 30.0 Å². The summed E-state index contributed by atoms with van der Waals surface area (Å²) in [4.78, 5) is 6.59. The first-order chi connectivity index (χ1) is 9.28. The van der Waals surface area contributed by atoms with Gasteiger partial charge in [-0.1, -0.05) is 12.1 Å². The quantitative estimate of drug-likeness (QED) is 0.916. The van der Waals surface area contributed by atoms with Crippen molar-refractivity contribution in [2.24, 2.45) is 11.7 Å². The van der Waals surface area contributed by atoms with Crippen LogP contribution in [0.5, 0.6) is 0 Å². The van der Waals surface area contributed by atoms with Gasteiger partial charge in [0.1, 0.15) is 6.26 Å². The normalized spacial score (nSPS) is 23.9. The zero-order valence-corrected chi connectivity index (χ0v) is 11.1. The minimum absolute atomic E-state index is 0.448. The minimum Gasteiger partial charge on any atom is -0.445 e. The third kappa shape index (κ3) is 2.41. The van der Waals surface area contributed by atoms with Crippen molar-refractivity contribution in [3.8, 4) is 11.5 Å². The Labute approximate surface area is 113 Å². The fourth-order valence-electron chi connectivity index (χ4n) is 2.91. The summed E-state index contributed by atoms with van der Waals surface area (Å²) in [6, 6.07) is 8.89. The Hall–Kier alpha value is -1.65. The van der Waals surface area contributed by atoms with Crippen LogP contribution in [0.2, 0.25) is 0 Å². The Balaban J connectivity index is 1.88. The summed E-state index contributed by atoms with van der Waals surface area (Å²) >= 11 is 0. The van der Waals surface area contributed by atoms with Gasteiger partial charge in [0.15, 0.2) is 0 Å². The van der Waals surface area contributed by atoms with Crippen LogP contribution in [0.25, 0.3) is 11.5 Å². The van der Waals surface area contributed by atoms with Gasteiger partial charge in [-0.3, -0.25) is 4.90 Å². The summed E-state index contributed by atoms with van der Waals surface area (Å²) in [5.74, 6) is 1.28. The van der Waals surface area contributed by atoms with Crippen LogP contribution in [0, 0.1) is 5.92 Å². The van der Waals surface area contributed by atoms with Gasteiger partial charge in [-0.25, -0.2) is 4.98 Å². The fraction of sp³-hybridized carbons (Fsp3) is 0.400. The summed E-state index contributed by atoms with van der Waals surface area (Å²) in [5.41, 5.74) is 8.14. The molecule has 2 N–H and O–H groups in total. The molecule has 2 aromatic rings. The standard InChI is InChI=1S/C15H19N3O/c1-18-10-11(9-16)7-14(18)12-3-2-4-13(8-12)15-17-5-6-19-15/h2-6,8,11,14H,7,9-10,16H2,1H3. The van der Waals surface area contributed by atoms with E-state index in [1.807, 2.05) is 6.07 Å². The average Bonchev–Trinajstić information content (AvgIpc) is 3.08. The van der Waals surface area contributed by atoms with Gasteiger partial charge in [0.25, 0.3) is 0 Å². The molecule has 2 unspecified atom stereocenters. The van der Waals surface area contributed by atoms with Gasteiger partial charge in [0.05, 0.1) is 6.20 Å². The number of benzene rings is 1. The molecular weight excluding hydrogens is 238 g/mol. The van der Waals surface area contributed by atoms with Crippen molar-refractivity contribution in [2.45, 2.75) is 12.5 Å². The molecule has 19 heavy (non-hydrogen) atoms. The van der Waals surface area contributed by atoms with E-state index in [2.05, 4.69) is 35.1 Å². The van der Waals surface area contributed by atoms with E-state index in [0.29, 0.717) is 17.9 Å². The molecule has 1 aliphatic heterocycles. The lowest BCUT2D eigenvalue weighted by Crippen LogP contribution is -2.20. The van der Waals surface area contributed by atoms with Crippen LogP contribution in [0.15, 0.2) is 41.1 Å². The van der Waals surface area contributed by atoms with Gasteiger partial charge in [-0.15, -0.1) is 0 Å². The first-order valence-electron chi connectivity index (χ1n) is 6.68. The Bertz CT molecular complexity index is 538. The van der Waals surface area contributed by atoms with Gasteiger partial charge in [-0.2, -0.15) is 0 Å². The molecule has 0 radical (unpaired) electrons. The first-order valence-corrected chi connectivity index (χ1v) is 6.68. The molecule has 1 fully saturated rings. The maximum Gasteiger partial charge on any atom is 0.225 e. The maximum absolute atomic E-state index is 5.79. The van der Waals surface area contributed by atoms with E-state index in [4.69, 9.17) is 10.2 Å². The number of aromatic nitrogens is 1. The topological polar surface area (TPSA) is 55.3 Å². The zero-order valence-electron chi connectivity index (χ0n) is 11.1. The van der Waals surface area contributed by atoms with E-state index in [1.165, 1.54) is 5.56 Å². The Morgan fingerprint density at radius 3 is 3.05 bits per heavy atom. The number of oxazole rings is 1. The van der Waals surface area contributed by atoms with Gasteiger partial charge in [0, 0.05) is 18.2 Å². The molecule has 0 amide bonds. The third-order valence-corrected chi connectivity index (χ3v) is 3.92. The third-order valence-electron chi connectivity index (χ3n) is 3.92. The van der Waals surface area contributed by atoms with Crippen LogP contribution >= 0.6 is 0 Å². The molecule has 1 aromatic carbocycles. The lowest BCUT2D eigenvalue weighted by Gasteiger charge is -2.19. The first kappa shape index (κ1) is 12.4. The van der Waals surface area contributed by atoms with Crippen LogP contribution < -0.4 is 5.73 Å². The molecule has 1 aliphatic rings. The predicted octanol–water partition coefficient (Wildman–Crippen LogP) is 2.29. The molecule has 0 saturated carbocycles. The highest BCUT2D eigenvalue weighted by atomic mass is 16.3. The lowest BCUT2D eigenvalue weighted by atomic mass is 9.98. The molecule has 0 aliphatic carbocycles. The van der Waals surface area contributed by atoms with Crippen molar-refractivity contribution < 1.29 is 4.42 Å². The zero-order chi connectivity index (χ0) is 13.2. The second kappa shape index (κ2) is 5.15. The van der Waals surface area contributed by atoms with Crippen LogP contribution in [-0.2, 0) is 0 Å². The predicted molar refractivity (Wildman–Crippen MR) is 74.5 cm³/mol. The van der Waals surface area contributed by atoms with Crippen molar-refractivity contribution >= 4 is 0 Å². The highest BCUT2D eigenvalue weighted by Crippen LogP contribution is 2.34. The molecule has 4 heteroatoms. The molecule has 1 saturated heterocycles. The number of rotatable bonds is 3. The second-order valence-corrected chi connectivity index (χ2v) is 5.26. The van der Waals surface area contributed by atoms with Crippen molar-refractivity contribution in [3.05, 3.63) is 42.3 Å². The van der Waals surface area contributed by atoms with Crippen LogP contribution in [0.3, 0.4) is 0 Å². The van der Waals surface area contributed by atoms with E-state index in [9.17, 15) is 0 Å². The minimum atomic E-state index is 0.448. The van der Waals surface area contributed by atoms with Crippen molar-refractivity contribution in [1.29, 1.82) is 0 Å². The number of hydrogen-bond donors (Lipinski definition) is 1. The molecular formula is C15H19N3O. The molecule has 4 nitrogen and oxygen atoms in total. The summed E-state index contributed by atoms with van der Waals surface area (Å²) in [6.45, 7) is 1.84. The largest absolute Gasteiger partial charge is 0.445 e. The Morgan fingerprint density at radius 2 is 2.37 bits per heavy atom. The number of likely N-dealkylation sites (tertiary alicyclic amines) is 1. The lowest BCUT2D eigenvalue weighted by molar-refractivity contribution is 0.313. The van der Waals surface area contributed by atoms with Crippen molar-refractivity contribution in [1.82, 2.24) is 9.88 Å². The van der Waals surface area contributed by atoms with E-state index in [-0.39, 0.29) is 0 Å². The van der Waals surface area contributed by atoms with Gasteiger partial charge in [-0.05, 0) is 43.6 Å². The van der Waals surface area contributed by atoms with E-state index in [1.54, 1.807) is 12.5 Å². The second-order valence-electron chi connectivity index (χ2n) is 5.26. The highest BCUT2D eigenvalue weighted by Gasteiger charge is 2.29. The maximum atomic E-state index is 5.79.